The molecule has 0 aliphatic rings. The van der Waals surface area contributed by atoms with Crippen molar-refractivity contribution in [1.82, 2.24) is 14.9 Å². The van der Waals surface area contributed by atoms with Gasteiger partial charge in [-0.05, 0) is 19.1 Å². The summed E-state index contributed by atoms with van der Waals surface area (Å²) >= 11 is 0. The number of nitrogens with zero attached hydrogens (tertiary/aromatic N) is 3. The molecule has 1 amide bonds. The average Bonchev–Trinajstić information content (AvgIpc) is 2.75. The zero-order chi connectivity index (χ0) is 23.3. The molecule has 0 saturated heterocycles. The van der Waals surface area contributed by atoms with Gasteiger partial charge in [0.05, 0.1) is 6.54 Å². The van der Waals surface area contributed by atoms with Crippen LogP contribution in [-0.4, -0.2) is 22.0 Å². The summed E-state index contributed by atoms with van der Waals surface area (Å²) in [5.41, 5.74) is -0.966. The van der Waals surface area contributed by atoms with E-state index < -0.39 is 47.8 Å². The van der Waals surface area contributed by atoms with Crippen LogP contribution >= 0.6 is 0 Å². The molecule has 0 spiro atoms. The van der Waals surface area contributed by atoms with Gasteiger partial charge in [0, 0.05) is 36.1 Å². The summed E-state index contributed by atoms with van der Waals surface area (Å²) in [6, 6.07) is 9.52. The van der Waals surface area contributed by atoms with Gasteiger partial charge >= 0.3 is 5.92 Å². The first-order valence-electron chi connectivity index (χ1n) is 9.56. The molecule has 0 bridgehead atoms. The van der Waals surface area contributed by atoms with Gasteiger partial charge in [0.25, 0.3) is 11.3 Å². The second-order valence-corrected chi connectivity index (χ2v) is 6.98. The highest BCUT2D eigenvalue weighted by Crippen LogP contribution is 2.24. The van der Waals surface area contributed by atoms with Crippen LogP contribution in [0.5, 0.6) is 0 Å². The lowest BCUT2D eigenvalue weighted by molar-refractivity contribution is -0.624. The molecular formula is C21H20F3N5O3. The third-order valence-corrected chi connectivity index (χ3v) is 4.67. The number of hydrogen-bond acceptors (Lipinski definition) is 5. The molecule has 0 fully saturated rings. The van der Waals surface area contributed by atoms with Gasteiger partial charge in [0.2, 0.25) is 5.91 Å². The van der Waals surface area contributed by atoms with Crippen LogP contribution in [0.25, 0.3) is 0 Å². The number of benzene rings is 1. The van der Waals surface area contributed by atoms with Crippen molar-refractivity contribution in [3.63, 3.8) is 0 Å². The first-order chi connectivity index (χ1) is 15.2. The first kappa shape index (κ1) is 22.8. The van der Waals surface area contributed by atoms with E-state index in [9.17, 15) is 28.0 Å². The predicted octanol–water partition coefficient (Wildman–Crippen LogP) is 1.84. The number of rotatable bonds is 8. The molecule has 2 heterocycles. The minimum absolute atomic E-state index is 0.0441. The molecular weight excluding hydrogens is 427 g/mol. The standard InChI is InChI=1S/C21H20F3N5O3/c1-14-10-26-19(27-13-21(23,24)17-8-4-5-9-29(17)32)20(31)28(14)12-18(30)25-11-15-6-2-3-7-16(15)22/h2-10H,11-13H2,1H3,(H,25,30)(H,26,27). The lowest BCUT2D eigenvalue weighted by Gasteiger charge is -2.17. The van der Waals surface area contributed by atoms with Crippen LogP contribution in [0.15, 0.2) is 59.7 Å². The smallest absolute Gasteiger partial charge is 0.347 e. The minimum atomic E-state index is -3.58. The molecule has 0 aliphatic carbocycles. The second-order valence-electron chi connectivity index (χ2n) is 6.98. The normalized spacial score (nSPS) is 11.2. The first-order valence-corrected chi connectivity index (χ1v) is 9.56. The van der Waals surface area contributed by atoms with E-state index in [0.29, 0.717) is 5.69 Å². The van der Waals surface area contributed by atoms with Gasteiger partial charge in [0.15, 0.2) is 12.0 Å². The number of nitrogens with one attached hydrogen (secondary N) is 2. The van der Waals surface area contributed by atoms with E-state index in [2.05, 4.69) is 15.6 Å². The zero-order valence-corrected chi connectivity index (χ0v) is 17.0. The van der Waals surface area contributed by atoms with E-state index in [1.165, 1.54) is 43.5 Å². The third kappa shape index (κ3) is 5.23. The SMILES string of the molecule is Cc1cnc(NCC(F)(F)c2cccc[n+]2[O-])c(=O)n1CC(=O)NCc1ccccc1F. The molecule has 2 aromatic heterocycles. The molecule has 0 unspecified atom stereocenters. The summed E-state index contributed by atoms with van der Waals surface area (Å²) in [6.07, 6.45) is 2.20. The van der Waals surface area contributed by atoms with Gasteiger partial charge in [-0.2, -0.15) is 13.5 Å². The van der Waals surface area contributed by atoms with Gasteiger partial charge in [-0.15, -0.1) is 0 Å². The average molecular weight is 447 g/mol. The molecule has 0 aliphatic heterocycles. The van der Waals surface area contributed by atoms with E-state index in [1.807, 2.05) is 0 Å². The fourth-order valence-corrected chi connectivity index (χ4v) is 2.92. The fraction of sp³-hybridized carbons (Fsp3) is 0.238. The number of pyridine rings is 1. The van der Waals surface area contributed by atoms with E-state index in [-0.39, 0.29) is 16.8 Å². The number of anilines is 1. The number of alkyl halides is 2. The molecule has 11 heteroatoms. The van der Waals surface area contributed by atoms with Crippen LogP contribution in [0, 0.1) is 17.9 Å². The van der Waals surface area contributed by atoms with Crippen LogP contribution in [-0.2, 0) is 23.8 Å². The van der Waals surface area contributed by atoms with Crippen molar-refractivity contribution >= 4 is 11.7 Å². The molecule has 8 nitrogen and oxygen atoms in total. The number of halogens is 3. The number of amides is 1. The third-order valence-electron chi connectivity index (χ3n) is 4.67. The topological polar surface area (TPSA) is 103 Å². The molecule has 2 N–H and O–H groups in total. The Balaban J connectivity index is 1.70. The van der Waals surface area contributed by atoms with Crippen LogP contribution in [0.1, 0.15) is 17.0 Å². The maximum Gasteiger partial charge on any atom is 0.347 e. The quantitative estimate of drug-likeness (QED) is 0.405. The van der Waals surface area contributed by atoms with Gasteiger partial charge in [-0.25, -0.2) is 9.37 Å². The highest BCUT2D eigenvalue weighted by Gasteiger charge is 2.39. The molecule has 0 atom stereocenters. The van der Waals surface area contributed by atoms with Crippen molar-refractivity contribution in [2.75, 3.05) is 11.9 Å². The molecule has 0 radical (unpaired) electrons. The summed E-state index contributed by atoms with van der Waals surface area (Å²) in [5.74, 6) is -5.03. The number of carbonyl (C=O) groups is 1. The zero-order valence-electron chi connectivity index (χ0n) is 17.0. The Bertz CT molecular complexity index is 1180. The van der Waals surface area contributed by atoms with Gasteiger partial charge in [-0.1, -0.05) is 18.2 Å². The Labute approximate surface area is 180 Å². The highest BCUT2D eigenvalue weighted by atomic mass is 19.3. The van der Waals surface area contributed by atoms with Gasteiger partial charge < -0.3 is 15.8 Å². The largest absolute Gasteiger partial charge is 0.618 e. The monoisotopic (exact) mass is 447 g/mol. The number of aryl methyl sites for hydroxylation is 1. The molecule has 32 heavy (non-hydrogen) atoms. The van der Waals surface area contributed by atoms with E-state index >= 15 is 0 Å². The Morgan fingerprint density at radius 3 is 2.66 bits per heavy atom. The summed E-state index contributed by atoms with van der Waals surface area (Å²) in [7, 11) is 0. The van der Waals surface area contributed by atoms with Crippen LogP contribution in [0.4, 0.5) is 19.0 Å². The summed E-state index contributed by atoms with van der Waals surface area (Å²) < 4.78 is 43.6. The maximum absolute atomic E-state index is 14.4. The van der Waals surface area contributed by atoms with Crippen molar-refractivity contribution in [1.29, 1.82) is 0 Å². The summed E-state index contributed by atoms with van der Waals surface area (Å²) in [4.78, 5) is 28.7. The van der Waals surface area contributed by atoms with Crippen molar-refractivity contribution in [3.05, 3.63) is 93.2 Å². The molecule has 3 rings (SSSR count). The Hall–Kier alpha value is -3.89. The Morgan fingerprint density at radius 1 is 1.22 bits per heavy atom. The summed E-state index contributed by atoms with van der Waals surface area (Å²) in [6.45, 7) is -0.00871. The highest BCUT2D eigenvalue weighted by molar-refractivity contribution is 5.75. The molecule has 1 aromatic carbocycles. The van der Waals surface area contributed by atoms with Gasteiger partial charge in [-0.3, -0.25) is 14.2 Å². The van der Waals surface area contributed by atoms with Crippen LogP contribution in [0.2, 0.25) is 0 Å². The molecule has 0 saturated carbocycles. The van der Waals surface area contributed by atoms with E-state index in [0.717, 1.165) is 16.8 Å². The van der Waals surface area contributed by atoms with Crippen LogP contribution < -0.4 is 20.9 Å². The fourth-order valence-electron chi connectivity index (χ4n) is 2.92. The molecule has 3 aromatic rings. The van der Waals surface area contributed by atoms with Crippen molar-refractivity contribution in [3.8, 4) is 0 Å². The Kier molecular flexibility index (Phi) is 6.76. The predicted molar refractivity (Wildman–Crippen MR) is 109 cm³/mol. The number of aromatic nitrogens is 3. The Morgan fingerprint density at radius 2 is 1.94 bits per heavy atom. The minimum Gasteiger partial charge on any atom is -0.618 e. The van der Waals surface area contributed by atoms with E-state index in [1.54, 1.807) is 6.07 Å². The summed E-state index contributed by atoms with van der Waals surface area (Å²) in [5, 5.41) is 16.4. The second kappa shape index (κ2) is 9.50. The molecule has 168 valence electrons. The van der Waals surface area contributed by atoms with Crippen molar-refractivity contribution < 1.29 is 22.7 Å². The lowest BCUT2D eigenvalue weighted by atomic mass is 10.2. The lowest BCUT2D eigenvalue weighted by Crippen LogP contribution is -2.41. The number of hydrogen-bond donors (Lipinski definition) is 2. The van der Waals surface area contributed by atoms with Gasteiger partial charge in [0.1, 0.15) is 12.4 Å². The maximum atomic E-state index is 14.4. The van der Waals surface area contributed by atoms with Crippen molar-refractivity contribution in [2.24, 2.45) is 0 Å². The van der Waals surface area contributed by atoms with Crippen LogP contribution in [0.3, 0.4) is 0 Å². The van der Waals surface area contributed by atoms with Crippen molar-refractivity contribution in [2.45, 2.75) is 25.9 Å². The number of carbonyl (C=O) groups excluding carboxylic acids is 1. The van der Waals surface area contributed by atoms with E-state index in [4.69, 9.17) is 0 Å².